The van der Waals surface area contributed by atoms with Gasteiger partial charge in [0, 0.05) is 6.42 Å². The Morgan fingerprint density at radius 3 is 2.33 bits per heavy atom. The summed E-state index contributed by atoms with van der Waals surface area (Å²) < 4.78 is 0. The predicted octanol–water partition coefficient (Wildman–Crippen LogP) is 0.392. The molecule has 0 unspecified atom stereocenters. The Morgan fingerprint density at radius 2 is 1.89 bits per heavy atom. The van der Waals surface area contributed by atoms with E-state index in [2.05, 4.69) is 22.7 Å². The zero-order chi connectivity index (χ0) is 14.1. The fourth-order valence-electron chi connectivity index (χ4n) is 1.11. The number of hydrogen-bond donors (Lipinski definition) is 4. The van der Waals surface area contributed by atoms with Crippen molar-refractivity contribution in [2.24, 2.45) is 5.92 Å². The number of carbonyl (C=O) groups excluding carboxylic acids is 2. The van der Waals surface area contributed by atoms with Crippen LogP contribution < -0.4 is 16.2 Å². The molecule has 102 valence electrons. The van der Waals surface area contributed by atoms with Gasteiger partial charge in [0.1, 0.15) is 6.04 Å². The lowest BCUT2D eigenvalue weighted by molar-refractivity contribution is -0.140. The Labute approximate surface area is 106 Å². The summed E-state index contributed by atoms with van der Waals surface area (Å²) in [6.45, 7) is 6.80. The van der Waals surface area contributed by atoms with Crippen LogP contribution in [0.25, 0.3) is 0 Å². The number of nitrogens with one attached hydrogen (secondary N) is 3. The van der Waals surface area contributed by atoms with E-state index in [1.165, 1.54) is 0 Å². The van der Waals surface area contributed by atoms with Gasteiger partial charge in [0.25, 0.3) is 0 Å². The molecule has 7 heteroatoms. The number of carbonyl (C=O) groups is 3. The summed E-state index contributed by atoms with van der Waals surface area (Å²) in [6.07, 6.45) is 2.29. The largest absolute Gasteiger partial charge is 0.480 e. The Morgan fingerprint density at radius 1 is 1.28 bits per heavy atom. The molecule has 0 aliphatic carbocycles. The lowest BCUT2D eigenvalue weighted by atomic mass is 10.1. The monoisotopic (exact) mass is 257 g/mol. The van der Waals surface area contributed by atoms with Crippen molar-refractivity contribution in [1.82, 2.24) is 16.2 Å². The first kappa shape index (κ1) is 16.0. The second-order valence-electron chi connectivity index (χ2n) is 4.03. The predicted molar refractivity (Wildman–Crippen MR) is 65.5 cm³/mol. The van der Waals surface area contributed by atoms with Crippen molar-refractivity contribution in [2.45, 2.75) is 32.7 Å². The highest BCUT2D eigenvalue weighted by molar-refractivity contribution is 5.84. The van der Waals surface area contributed by atoms with Crippen molar-refractivity contribution in [2.75, 3.05) is 0 Å². The van der Waals surface area contributed by atoms with E-state index in [0.717, 1.165) is 0 Å². The van der Waals surface area contributed by atoms with Crippen molar-refractivity contribution >= 4 is 17.9 Å². The summed E-state index contributed by atoms with van der Waals surface area (Å²) in [5, 5.41) is 11.1. The second-order valence-corrected chi connectivity index (χ2v) is 4.03. The van der Waals surface area contributed by atoms with Crippen molar-refractivity contribution < 1.29 is 19.5 Å². The van der Waals surface area contributed by atoms with Gasteiger partial charge in [-0.1, -0.05) is 19.9 Å². The third-order valence-electron chi connectivity index (χ3n) is 2.11. The lowest BCUT2D eigenvalue weighted by Crippen LogP contribution is -2.53. The molecule has 0 aromatic heterocycles. The number of amides is 3. The number of carboxylic acid groups (broad SMARTS) is 1. The maximum absolute atomic E-state index is 11.3. The minimum atomic E-state index is -1.13. The van der Waals surface area contributed by atoms with Gasteiger partial charge in [0.15, 0.2) is 0 Å². The van der Waals surface area contributed by atoms with Gasteiger partial charge in [0.2, 0.25) is 5.91 Å². The highest BCUT2D eigenvalue weighted by Crippen LogP contribution is 2.00. The topological polar surface area (TPSA) is 108 Å². The fraction of sp³-hybridized carbons (Fsp3) is 0.545. The normalized spacial score (nSPS) is 11.5. The van der Waals surface area contributed by atoms with Crippen LogP contribution in [0.5, 0.6) is 0 Å². The molecule has 18 heavy (non-hydrogen) atoms. The first-order valence-corrected chi connectivity index (χ1v) is 5.57. The quantitative estimate of drug-likeness (QED) is 0.408. The molecule has 0 spiro atoms. The molecule has 1 atom stereocenters. The molecule has 0 aromatic rings. The molecule has 0 rings (SSSR count). The average molecular weight is 257 g/mol. The molecule has 3 amide bonds. The third kappa shape index (κ3) is 6.51. The number of hydrazine groups is 1. The first-order chi connectivity index (χ1) is 8.38. The number of urea groups is 1. The van der Waals surface area contributed by atoms with Crippen LogP contribution in [-0.4, -0.2) is 29.1 Å². The van der Waals surface area contributed by atoms with E-state index < -0.39 is 18.0 Å². The average Bonchev–Trinajstić information content (AvgIpc) is 2.29. The third-order valence-corrected chi connectivity index (χ3v) is 2.11. The van der Waals surface area contributed by atoms with Crippen molar-refractivity contribution in [1.29, 1.82) is 0 Å². The number of aliphatic carboxylic acids is 1. The van der Waals surface area contributed by atoms with E-state index in [9.17, 15) is 14.4 Å². The maximum Gasteiger partial charge on any atom is 0.334 e. The van der Waals surface area contributed by atoms with Crippen molar-refractivity contribution in [3.63, 3.8) is 0 Å². The Hall–Kier alpha value is -2.05. The maximum atomic E-state index is 11.3. The zero-order valence-corrected chi connectivity index (χ0v) is 10.5. The highest BCUT2D eigenvalue weighted by Gasteiger charge is 2.23. The minimum Gasteiger partial charge on any atom is -0.480 e. The van der Waals surface area contributed by atoms with Crippen LogP contribution in [0.4, 0.5) is 4.79 Å². The molecule has 7 nitrogen and oxygen atoms in total. The van der Waals surface area contributed by atoms with Gasteiger partial charge in [-0.15, -0.1) is 6.58 Å². The Balaban J connectivity index is 4.06. The van der Waals surface area contributed by atoms with Gasteiger partial charge in [-0.3, -0.25) is 10.2 Å². The van der Waals surface area contributed by atoms with E-state index in [1.54, 1.807) is 19.9 Å². The first-order valence-electron chi connectivity index (χ1n) is 5.57. The minimum absolute atomic E-state index is 0.205. The summed E-state index contributed by atoms with van der Waals surface area (Å²) in [5.41, 5.74) is 4.24. The Kier molecular flexibility index (Phi) is 7.18. The smallest absolute Gasteiger partial charge is 0.334 e. The molecule has 0 aliphatic heterocycles. The second kappa shape index (κ2) is 8.10. The molecule has 0 fully saturated rings. The van der Waals surface area contributed by atoms with Crippen molar-refractivity contribution in [3.05, 3.63) is 12.7 Å². The molecular formula is C11H19N3O4. The summed E-state index contributed by atoms with van der Waals surface area (Å²) in [4.78, 5) is 33.3. The highest BCUT2D eigenvalue weighted by atomic mass is 16.4. The lowest BCUT2D eigenvalue weighted by Gasteiger charge is -2.18. The molecule has 4 N–H and O–H groups in total. The van der Waals surface area contributed by atoms with Crippen LogP contribution >= 0.6 is 0 Å². The summed E-state index contributed by atoms with van der Waals surface area (Å²) >= 11 is 0. The van der Waals surface area contributed by atoms with Gasteiger partial charge < -0.3 is 10.4 Å². The Bertz CT molecular complexity index is 328. The van der Waals surface area contributed by atoms with Crippen LogP contribution in [-0.2, 0) is 9.59 Å². The summed E-state index contributed by atoms with van der Waals surface area (Å²) in [5.74, 6) is -1.76. The van der Waals surface area contributed by atoms with Gasteiger partial charge >= 0.3 is 12.0 Å². The van der Waals surface area contributed by atoms with E-state index in [1.807, 2.05) is 0 Å². The van der Waals surface area contributed by atoms with Crippen LogP contribution in [0.2, 0.25) is 0 Å². The molecule has 0 aliphatic rings. The fourth-order valence-corrected chi connectivity index (χ4v) is 1.11. The molecular weight excluding hydrogens is 238 g/mol. The van der Waals surface area contributed by atoms with E-state index in [0.29, 0.717) is 6.42 Å². The van der Waals surface area contributed by atoms with Gasteiger partial charge in [0.05, 0.1) is 0 Å². The molecule has 0 heterocycles. The van der Waals surface area contributed by atoms with Gasteiger partial charge in [-0.25, -0.2) is 15.0 Å². The van der Waals surface area contributed by atoms with E-state index in [-0.39, 0.29) is 18.2 Å². The van der Waals surface area contributed by atoms with Gasteiger partial charge in [-0.05, 0) is 12.3 Å². The molecule has 0 bridgehead atoms. The molecule has 0 radical (unpaired) electrons. The zero-order valence-electron chi connectivity index (χ0n) is 10.5. The summed E-state index contributed by atoms with van der Waals surface area (Å²) in [6, 6.07) is -1.77. The number of allylic oxidation sites excluding steroid dienone is 1. The standard InChI is InChI=1S/C11H19N3O4/c1-4-5-6-8(15)13-14-11(18)12-9(7(2)3)10(16)17/h4,7,9H,1,5-6H2,2-3H3,(H,13,15)(H,16,17)(H2,12,14,18)/t9-/m0/s1. The SMILES string of the molecule is C=CCCC(=O)NNC(=O)N[C@H](C(=O)O)C(C)C. The molecule has 0 saturated carbocycles. The number of carboxylic acids is 1. The van der Waals surface area contributed by atoms with Crippen LogP contribution in [0, 0.1) is 5.92 Å². The van der Waals surface area contributed by atoms with Crippen LogP contribution in [0.15, 0.2) is 12.7 Å². The van der Waals surface area contributed by atoms with Crippen LogP contribution in [0.3, 0.4) is 0 Å². The van der Waals surface area contributed by atoms with Crippen molar-refractivity contribution in [3.8, 4) is 0 Å². The number of hydrogen-bond acceptors (Lipinski definition) is 3. The van der Waals surface area contributed by atoms with Gasteiger partial charge in [-0.2, -0.15) is 0 Å². The molecule has 0 saturated heterocycles. The van der Waals surface area contributed by atoms with Crippen LogP contribution in [0.1, 0.15) is 26.7 Å². The number of rotatable bonds is 6. The molecule has 0 aromatic carbocycles. The summed E-state index contributed by atoms with van der Waals surface area (Å²) in [7, 11) is 0. The van der Waals surface area contributed by atoms with E-state index in [4.69, 9.17) is 5.11 Å². The van der Waals surface area contributed by atoms with E-state index >= 15 is 0 Å².